The van der Waals surface area contributed by atoms with Gasteiger partial charge in [0, 0.05) is 43.6 Å². The van der Waals surface area contributed by atoms with Gasteiger partial charge in [0.15, 0.2) is 5.58 Å². The van der Waals surface area contributed by atoms with Crippen LogP contribution in [0.1, 0.15) is 5.56 Å². The Morgan fingerprint density at radius 1 is 0.489 bits per heavy atom. The van der Waals surface area contributed by atoms with Crippen LogP contribution < -0.4 is 0 Å². The van der Waals surface area contributed by atoms with Gasteiger partial charge in [-0.15, -0.1) is 0 Å². The normalized spacial score (nSPS) is 11.8. The predicted molar refractivity (Wildman–Crippen MR) is 193 cm³/mol. The zero-order valence-electron chi connectivity index (χ0n) is 25.2. The molecule has 0 N–H and O–H groups in total. The molecule has 218 valence electrons. The van der Waals surface area contributed by atoms with Crippen molar-refractivity contribution in [1.29, 1.82) is 5.26 Å². The third kappa shape index (κ3) is 3.63. The molecule has 10 rings (SSSR count). The average molecular weight is 600 g/mol. The van der Waals surface area contributed by atoms with Gasteiger partial charge in [-0.05, 0) is 66.2 Å². The summed E-state index contributed by atoms with van der Waals surface area (Å²) < 4.78 is 11.3. The molecule has 47 heavy (non-hydrogen) atoms. The lowest BCUT2D eigenvalue weighted by atomic mass is 9.99. The molecule has 0 spiro atoms. The minimum atomic E-state index is 0.622. The molecule has 0 saturated heterocycles. The molecule has 0 amide bonds. The standard InChI is InChI=1S/C43H25N3O/c44-26-27-18-20-30(40(24-27)46-38-16-8-4-12-31(38)32-13-5-9-17-39(32)46)28-19-23-41-36(25-28)35-22-21-34-33-14-6-7-15-37(33)45(42(34)43(35)47-41)29-10-2-1-3-11-29/h1-25H. The van der Waals surface area contributed by atoms with E-state index >= 15 is 0 Å². The first-order valence-electron chi connectivity index (χ1n) is 15.8. The van der Waals surface area contributed by atoms with E-state index in [4.69, 9.17) is 4.42 Å². The Kier molecular flexibility index (Phi) is 5.32. The number of hydrogen-bond donors (Lipinski definition) is 0. The summed E-state index contributed by atoms with van der Waals surface area (Å²) in [5.74, 6) is 0. The van der Waals surface area contributed by atoms with Gasteiger partial charge in [0.05, 0.1) is 39.4 Å². The van der Waals surface area contributed by atoms with Gasteiger partial charge in [0.25, 0.3) is 0 Å². The number of nitriles is 1. The molecule has 10 aromatic rings. The number of benzene rings is 7. The fraction of sp³-hybridized carbons (Fsp3) is 0. The Morgan fingerprint density at radius 2 is 1.11 bits per heavy atom. The Morgan fingerprint density at radius 3 is 1.81 bits per heavy atom. The van der Waals surface area contributed by atoms with E-state index < -0.39 is 0 Å². The van der Waals surface area contributed by atoms with Gasteiger partial charge in [-0.25, -0.2) is 0 Å². The Balaban J connectivity index is 1.26. The van der Waals surface area contributed by atoms with Crippen LogP contribution in [0.3, 0.4) is 0 Å². The number of furan rings is 1. The first-order chi connectivity index (χ1) is 23.3. The predicted octanol–water partition coefficient (Wildman–Crippen LogP) is 11.3. The number of fused-ring (bicyclic) bond motifs is 10. The molecule has 0 bridgehead atoms. The van der Waals surface area contributed by atoms with Gasteiger partial charge in [-0.1, -0.05) is 91.0 Å². The summed E-state index contributed by atoms with van der Waals surface area (Å²) in [5, 5.41) is 16.8. The minimum Gasteiger partial charge on any atom is -0.454 e. The topological polar surface area (TPSA) is 46.8 Å². The Labute approximate surface area is 269 Å². The molecule has 4 nitrogen and oxygen atoms in total. The Bertz CT molecular complexity index is 2860. The van der Waals surface area contributed by atoms with Crippen LogP contribution in [-0.2, 0) is 0 Å². The highest BCUT2D eigenvalue weighted by Crippen LogP contribution is 2.42. The van der Waals surface area contributed by atoms with Crippen molar-refractivity contribution in [3.05, 3.63) is 157 Å². The van der Waals surface area contributed by atoms with E-state index in [1.165, 1.54) is 16.2 Å². The highest BCUT2D eigenvalue weighted by molar-refractivity contribution is 6.22. The van der Waals surface area contributed by atoms with Crippen LogP contribution in [0.25, 0.3) is 88.1 Å². The summed E-state index contributed by atoms with van der Waals surface area (Å²) in [7, 11) is 0. The van der Waals surface area contributed by atoms with E-state index in [9.17, 15) is 5.26 Å². The molecular formula is C43H25N3O. The summed E-state index contributed by atoms with van der Waals surface area (Å²) in [6.07, 6.45) is 0. The smallest absolute Gasteiger partial charge is 0.160 e. The van der Waals surface area contributed by atoms with Gasteiger partial charge in [0.1, 0.15) is 5.58 Å². The average Bonchev–Trinajstić information content (AvgIpc) is 3.79. The van der Waals surface area contributed by atoms with Crippen molar-refractivity contribution in [2.75, 3.05) is 0 Å². The van der Waals surface area contributed by atoms with Gasteiger partial charge in [-0.3, -0.25) is 0 Å². The molecule has 3 heterocycles. The van der Waals surface area contributed by atoms with Crippen LogP contribution in [0.15, 0.2) is 156 Å². The lowest BCUT2D eigenvalue weighted by molar-refractivity contribution is 0.671. The van der Waals surface area contributed by atoms with Crippen LogP contribution in [0, 0.1) is 11.3 Å². The van der Waals surface area contributed by atoms with Crippen molar-refractivity contribution in [3.8, 4) is 28.6 Å². The molecule has 0 aliphatic rings. The maximum absolute atomic E-state index is 9.95. The van der Waals surface area contributed by atoms with E-state index in [1.807, 2.05) is 18.2 Å². The van der Waals surface area contributed by atoms with Crippen LogP contribution >= 0.6 is 0 Å². The summed E-state index contributed by atoms with van der Waals surface area (Å²) in [4.78, 5) is 0. The lowest BCUT2D eigenvalue weighted by Gasteiger charge is -2.15. The molecule has 0 fully saturated rings. The van der Waals surface area contributed by atoms with E-state index in [2.05, 4.69) is 149 Å². The monoisotopic (exact) mass is 599 g/mol. The second-order valence-electron chi connectivity index (χ2n) is 12.1. The highest BCUT2D eigenvalue weighted by atomic mass is 16.3. The summed E-state index contributed by atoms with van der Waals surface area (Å²) in [5.41, 5.74) is 10.9. The number of aromatic nitrogens is 2. The molecule has 0 aliphatic carbocycles. The van der Waals surface area contributed by atoms with E-state index in [0.29, 0.717) is 5.56 Å². The van der Waals surface area contributed by atoms with Crippen molar-refractivity contribution in [1.82, 2.24) is 9.13 Å². The Hall–Kier alpha value is -6.57. The van der Waals surface area contributed by atoms with Crippen molar-refractivity contribution < 1.29 is 4.42 Å². The van der Waals surface area contributed by atoms with Gasteiger partial charge in [-0.2, -0.15) is 5.26 Å². The number of hydrogen-bond acceptors (Lipinski definition) is 2. The lowest BCUT2D eigenvalue weighted by Crippen LogP contribution is -1.98. The summed E-state index contributed by atoms with van der Waals surface area (Å²) in [6.45, 7) is 0. The van der Waals surface area contributed by atoms with Crippen molar-refractivity contribution in [3.63, 3.8) is 0 Å². The van der Waals surface area contributed by atoms with E-state index in [0.717, 1.165) is 71.9 Å². The molecular weight excluding hydrogens is 574 g/mol. The summed E-state index contributed by atoms with van der Waals surface area (Å²) in [6, 6.07) is 55.2. The number of rotatable bonds is 3. The molecule has 0 atom stereocenters. The fourth-order valence-corrected chi connectivity index (χ4v) is 7.51. The van der Waals surface area contributed by atoms with Crippen LogP contribution in [-0.4, -0.2) is 9.13 Å². The molecule has 3 aromatic heterocycles. The van der Waals surface area contributed by atoms with Gasteiger partial charge >= 0.3 is 0 Å². The number of para-hydroxylation sites is 4. The zero-order valence-corrected chi connectivity index (χ0v) is 25.2. The highest BCUT2D eigenvalue weighted by Gasteiger charge is 2.21. The molecule has 0 aliphatic heterocycles. The van der Waals surface area contributed by atoms with Crippen LogP contribution in [0.2, 0.25) is 0 Å². The first kappa shape index (κ1) is 25.7. The summed E-state index contributed by atoms with van der Waals surface area (Å²) >= 11 is 0. The van der Waals surface area contributed by atoms with Crippen molar-refractivity contribution in [2.45, 2.75) is 0 Å². The number of nitrogens with zero attached hydrogens (tertiary/aromatic N) is 3. The van der Waals surface area contributed by atoms with Crippen molar-refractivity contribution in [2.24, 2.45) is 0 Å². The molecule has 0 unspecified atom stereocenters. The maximum Gasteiger partial charge on any atom is 0.160 e. The third-order valence-corrected chi connectivity index (χ3v) is 9.55. The second-order valence-corrected chi connectivity index (χ2v) is 12.1. The second kappa shape index (κ2) is 9.71. The third-order valence-electron chi connectivity index (χ3n) is 9.55. The zero-order chi connectivity index (χ0) is 31.1. The van der Waals surface area contributed by atoms with E-state index in [-0.39, 0.29) is 0 Å². The van der Waals surface area contributed by atoms with Gasteiger partial charge in [0.2, 0.25) is 0 Å². The first-order valence-corrected chi connectivity index (χ1v) is 15.8. The quantitative estimate of drug-likeness (QED) is 0.203. The fourth-order valence-electron chi connectivity index (χ4n) is 7.51. The van der Waals surface area contributed by atoms with Crippen molar-refractivity contribution >= 4 is 65.6 Å². The molecule has 7 aromatic carbocycles. The minimum absolute atomic E-state index is 0.622. The van der Waals surface area contributed by atoms with Crippen LogP contribution in [0.4, 0.5) is 0 Å². The molecule has 0 radical (unpaired) electrons. The molecule has 0 saturated carbocycles. The SMILES string of the molecule is N#Cc1ccc(-c2ccc3oc4c(ccc5c6ccccc6n(-c6ccccc6)c54)c3c2)c(-n2c3ccccc3c3ccccc32)c1. The van der Waals surface area contributed by atoms with E-state index in [1.54, 1.807) is 0 Å². The molecule has 4 heteroatoms. The van der Waals surface area contributed by atoms with Crippen LogP contribution in [0.5, 0.6) is 0 Å². The maximum atomic E-state index is 9.95. The van der Waals surface area contributed by atoms with Gasteiger partial charge < -0.3 is 13.6 Å². The largest absolute Gasteiger partial charge is 0.454 e.